The second-order valence-electron chi connectivity index (χ2n) is 4.65. The lowest BCUT2D eigenvalue weighted by Gasteiger charge is -2.26. The molecule has 1 aliphatic rings. The van der Waals surface area contributed by atoms with Gasteiger partial charge in [-0.3, -0.25) is 4.79 Å². The van der Waals surface area contributed by atoms with E-state index >= 15 is 0 Å². The van der Waals surface area contributed by atoms with E-state index in [1.54, 1.807) is 6.20 Å². The van der Waals surface area contributed by atoms with Crippen LogP contribution >= 0.6 is 11.3 Å². The molecular formula is C13H20N2O2S2. The maximum atomic E-state index is 12.5. The lowest BCUT2D eigenvalue weighted by atomic mass is 10.2. The van der Waals surface area contributed by atoms with Crippen molar-refractivity contribution in [2.24, 2.45) is 0 Å². The van der Waals surface area contributed by atoms with Crippen LogP contribution in [0.5, 0.6) is 0 Å². The standard InChI is InChI=1S/C13H20N2O2S2/c1-3-15(10-7-5-6-8-10)12(16)11-9-14-13(18-11)19(17)4-2/h9-10H,3-8H2,1-2H3. The van der Waals surface area contributed by atoms with Crippen LogP contribution in [-0.2, 0) is 11.2 Å². The van der Waals surface area contributed by atoms with Crippen LogP contribution in [0.1, 0.15) is 49.2 Å². The Kier molecular flexibility index (Phi) is 5.24. The molecule has 1 unspecified atom stereocenters. The lowest BCUT2D eigenvalue weighted by Crippen LogP contribution is -2.38. The summed E-state index contributed by atoms with van der Waals surface area (Å²) in [5.41, 5.74) is 0. The second-order valence-corrected chi connectivity index (χ2v) is 7.60. The predicted molar refractivity (Wildman–Crippen MR) is 78.0 cm³/mol. The van der Waals surface area contributed by atoms with Gasteiger partial charge in [0.05, 0.1) is 6.20 Å². The van der Waals surface area contributed by atoms with E-state index in [-0.39, 0.29) is 5.91 Å². The zero-order valence-corrected chi connectivity index (χ0v) is 13.1. The van der Waals surface area contributed by atoms with Crippen LogP contribution in [-0.4, -0.2) is 38.7 Å². The highest BCUT2D eigenvalue weighted by Crippen LogP contribution is 2.27. The molecular weight excluding hydrogens is 280 g/mol. The third kappa shape index (κ3) is 3.30. The molecule has 0 bridgehead atoms. The van der Waals surface area contributed by atoms with E-state index in [0.717, 1.165) is 19.4 Å². The number of rotatable bonds is 5. The summed E-state index contributed by atoms with van der Waals surface area (Å²) in [6, 6.07) is 0.375. The molecule has 1 heterocycles. The fraction of sp³-hybridized carbons (Fsp3) is 0.692. The van der Waals surface area contributed by atoms with Crippen molar-refractivity contribution in [2.75, 3.05) is 12.3 Å². The molecule has 106 valence electrons. The van der Waals surface area contributed by atoms with Crippen LogP contribution in [0.3, 0.4) is 0 Å². The molecule has 0 spiro atoms. The Balaban J connectivity index is 2.10. The summed E-state index contributed by atoms with van der Waals surface area (Å²) in [4.78, 5) is 19.2. The monoisotopic (exact) mass is 300 g/mol. The van der Waals surface area contributed by atoms with Crippen molar-refractivity contribution in [3.05, 3.63) is 11.1 Å². The molecule has 0 aliphatic heterocycles. The van der Waals surface area contributed by atoms with Gasteiger partial charge in [0.2, 0.25) is 0 Å². The van der Waals surface area contributed by atoms with Crippen LogP contribution in [0.4, 0.5) is 0 Å². The minimum absolute atomic E-state index is 0.0475. The Morgan fingerprint density at radius 1 is 1.53 bits per heavy atom. The van der Waals surface area contributed by atoms with E-state index < -0.39 is 11.2 Å². The first kappa shape index (κ1) is 14.8. The zero-order valence-electron chi connectivity index (χ0n) is 11.4. The number of nitrogens with zero attached hydrogens (tertiary/aromatic N) is 2. The number of thiazole rings is 1. The first-order valence-electron chi connectivity index (χ1n) is 6.82. The van der Waals surface area contributed by atoms with E-state index in [4.69, 9.17) is 0 Å². The van der Waals surface area contributed by atoms with Gasteiger partial charge in [-0.05, 0) is 26.7 Å². The van der Waals surface area contributed by atoms with Crippen molar-refractivity contribution in [3.8, 4) is 0 Å². The van der Waals surface area contributed by atoms with Crippen molar-refractivity contribution >= 4 is 28.4 Å². The Morgan fingerprint density at radius 3 is 2.79 bits per heavy atom. The summed E-state index contributed by atoms with van der Waals surface area (Å²) in [5, 5.41) is 0. The number of aromatic nitrogens is 1. The summed E-state index contributed by atoms with van der Waals surface area (Å²) in [7, 11) is 0. The summed E-state index contributed by atoms with van der Waals surface area (Å²) >= 11 is 0.207. The minimum Gasteiger partial charge on any atom is -0.610 e. The summed E-state index contributed by atoms with van der Waals surface area (Å²) < 4.78 is 12.2. The van der Waals surface area contributed by atoms with Crippen LogP contribution in [0.2, 0.25) is 0 Å². The van der Waals surface area contributed by atoms with Gasteiger partial charge in [-0.2, -0.15) is 4.98 Å². The molecule has 1 aromatic rings. The average Bonchev–Trinajstić information content (AvgIpc) is 3.09. The van der Waals surface area contributed by atoms with Crippen molar-refractivity contribution in [1.82, 2.24) is 9.88 Å². The normalized spacial score (nSPS) is 17.6. The highest BCUT2D eigenvalue weighted by atomic mass is 32.2. The number of carbonyl (C=O) groups is 1. The minimum atomic E-state index is -1.07. The Hall–Kier alpha value is -0.590. The predicted octanol–water partition coefficient (Wildman–Crippen LogP) is 2.68. The smallest absolute Gasteiger partial charge is 0.302 e. The van der Waals surface area contributed by atoms with Gasteiger partial charge in [0.25, 0.3) is 5.91 Å². The first-order valence-corrected chi connectivity index (χ1v) is 8.96. The summed E-state index contributed by atoms with van der Waals surface area (Å²) in [6.45, 7) is 4.60. The van der Waals surface area contributed by atoms with E-state index in [1.807, 2.05) is 18.7 Å². The molecule has 1 amide bonds. The number of carbonyl (C=O) groups excluding carboxylic acids is 1. The van der Waals surface area contributed by atoms with Gasteiger partial charge in [0.15, 0.2) is 0 Å². The summed E-state index contributed by atoms with van der Waals surface area (Å²) in [6.07, 6.45) is 6.20. The van der Waals surface area contributed by atoms with Crippen LogP contribution in [0.25, 0.3) is 0 Å². The third-order valence-electron chi connectivity index (χ3n) is 3.52. The molecule has 1 saturated carbocycles. The Morgan fingerprint density at radius 2 is 2.21 bits per heavy atom. The number of amides is 1. The van der Waals surface area contributed by atoms with Crippen molar-refractivity contribution in [2.45, 2.75) is 49.9 Å². The summed E-state index contributed by atoms with van der Waals surface area (Å²) in [5.74, 6) is 0.590. The molecule has 0 radical (unpaired) electrons. The maximum Gasteiger partial charge on any atom is 0.302 e. The quantitative estimate of drug-likeness (QED) is 0.786. The fourth-order valence-corrected chi connectivity index (χ4v) is 4.53. The molecule has 1 atom stereocenters. The average molecular weight is 300 g/mol. The second kappa shape index (κ2) is 6.72. The van der Waals surface area contributed by atoms with E-state index in [1.165, 1.54) is 24.2 Å². The van der Waals surface area contributed by atoms with E-state index in [2.05, 4.69) is 4.98 Å². The van der Waals surface area contributed by atoms with Gasteiger partial charge in [0.1, 0.15) is 10.6 Å². The first-order chi connectivity index (χ1) is 9.17. The van der Waals surface area contributed by atoms with Gasteiger partial charge < -0.3 is 9.45 Å². The van der Waals surface area contributed by atoms with Gasteiger partial charge >= 0.3 is 4.34 Å². The fourth-order valence-electron chi connectivity index (χ4n) is 2.51. The third-order valence-corrected chi connectivity index (χ3v) is 6.13. The number of hydrogen-bond donors (Lipinski definition) is 0. The molecule has 0 saturated heterocycles. The van der Waals surface area contributed by atoms with Crippen molar-refractivity contribution in [3.63, 3.8) is 0 Å². The van der Waals surface area contributed by atoms with Gasteiger partial charge in [-0.1, -0.05) is 24.2 Å². The highest BCUT2D eigenvalue weighted by molar-refractivity contribution is 7.93. The van der Waals surface area contributed by atoms with Crippen molar-refractivity contribution in [1.29, 1.82) is 0 Å². The molecule has 4 nitrogen and oxygen atoms in total. The van der Waals surface area contributed by atoms with Crippen molar-refractivity contribution < 1.29 is 9.35 Å². The Bertz CT molecular complexity index is 430. The van der Waals surface area contributed by atoms with Gasteiger partial charge in [0, 0.05) is 23.8 Å². The van der Waals surface area contributed by atoms with Crippen LogP contribution < -0.4 is 0 Å². The maximum absolute atomic E-state index is 12.5. The SMILES string of the molecule is CCN(C(=O)c1cnc([S+]([O-])CC)s1)C1CCCC1. The molecule has 2 rings (SSSR count). The largest absolute Gasteiger partial charge is 0.610 e. The number of hydrogen-bond acceptors (Lipinski definition) is 4. The molecule has 0 aromatic carbocycles. The lowest BCUT2D eigenvalue weighted by molar-refractivity contribution is 0.0698. The topological polar surface area (TPSA) is 56.3 Å². The molecule has 0 N–H and O–H groups in total. The van der Waals surface area contributed by atoms with Gasteiger partial charge in [-0.15, -0.1) is 0 Å². The van der Waals surface area contributed by atoms with Crippen LogP contribution in [0, 0.1) is 0 Å². The van der Waals surface area contributed by atoms with Gasteiger partial charge in [-0.25, -0.2) is 0 Å². The zero-order chi connectivity index (χ0) is 13.8. The molecule has 1 aromatic heterocycles. The Labute approximate surface area is 121 Å². The molecule has 1 fully saturated rings. The molecule has 6 heteroatoms. The molecule has 19 heavy (non-hydrogen) atoms. The highest BCUT2D eigenvalue weighted by Gasteiger charge is 2.28. The van der Waals surface area contributed by atoms with E-state index in [0.29, 0.717) is 21.0 Å². The van der Waals surface area contributed by atoms with Crippen LogP contribution in [0.15, 0.2) is 10.5 Å². The molecule has 1 aliphatic carbocycles. The van der Waals surface area contributed by atoms with E-state index in [9.17, 15) is 9.35 Å².